The van der Waals surface area contributed by atoms with E-state index >= 15 is 0 Å². The molecule has 0 radical (unpaired) electrons. The zero-order valence-corrected chi connectivity index (χ0v) is 15.1. The van der Waals surface area contributed by atoms with Gasteiger partial charge in [-0.15, -0.1) is 0 Å². The molecule has 1 aromatic heterocycles. The third-order valence-corrected chi connectivity index (χ3v) is 4.96. The van der Waals surface area contributed by atoms with Crippen molar-refractivity contribution >= 4 is 0 Å². The highest BCUT2D eigenvalue weighted by molar-refractivity contribution is 5.65. The van der Waals surface area contributed by atoms with Gasteiger partial charge in [0.15, 0.2) is 0 Å². The van der Waals surface area contributed by atoms with Crippen molar-refractivity contribution in [1.29, 1.82) is 0 Å². The lowest BCUT2D eigenvalue weighted by Gasteiger charge is -2.05. The molecule has 2 saturated heterocycles. The zero-order chi connectivity index (χ0) is 18.1. The number of H-pyrrole nitrogens is 1. The molecule has 2 atom stereocenters. The molecule has 0 aliphatic carbocycles. The lowest BCUT2D eigenvalue weighted by atomic mass is 10.1. The van der Waals surface area contributed by atoms with Crippen LogP contribution in [0.1, 0.15) is 12.0 Å². The first kappa shape index (κ1) is 16.5. The summed E-state index contributed by atoms with van der Waals surface area (Å²) in [5, 5.41) is 0. The molecule has 2 aromatic carbocycles. The van der Waals surface area contributed by atoms with Gasteiger partial charge in [-0.25, -0.2) is 4.98 Å². The van der Waals surface area contributed by atoms with Crippen LogP contribution in [-0.4, -0.2) is 42.0 Å². The van der Waals surface area contributed by atoms with E-state index in [0.29, 0.717) is 12.7 Å². The quantitative estimate of drug-likeness (QED) is 0.618. The SMILES string of the molecule is c1cc(-c2ncc(-c3ccc(OCC4CO4)cc3)[nH]2)ccc1CCC1CO1. The predicted octanol–water partition coefficient (Wildman–Crippen LogP) is 3.85. The number of rotatable bonds is 8. The number of nitrogens with zero attached hydrogens (tertiary/aromatic N) is 1. The van der Waals surface area contributed by atoms with Gasteiger partial charge in [0.05, 0.1) is 31.2 Å². The Hall–Kier alpha value is -2.63. The van der Waals surface area contributed by atoms with Gasteiger partial charge in [0.2, 0.25) is 0 Å². The van der Waals surface area contributed by atoms with Gasteiger partial charge >= 0.3 is 0 Å². The molecule has 3 aromatic rings. The number of epoxide rings is 2. The molecule has 3 heterocycles. The minimum Gasteiger partial charge on any atom is -0.491 e. The fourth-order valence-electron chi connectivity index (χ4n) is 3.09. The Morgan fingerprint density at radius 2 is 1.63 bits per heavy atom. The molecule has 2 aliphatic heterocycles. The van der Waals surface area contributed by atoms with E-state index in [2.05, 4.69) is 34.2 Å². The van der Waals surface area contributed by atoms with Crippen molar-refractivity contribution in [1.82, 2.24) is 9.97 Å². The van der Waals surface area contributed by atoms with Crippen molar-refractivity contribution in [3.8, 4) is 28.4 Å². The van der Waals surface area contributed by atoms with Crippen LogP contribution in [0.2, 0.25) is 0 Å². The highest BCUT2D eigenvalue weighted by Gasteiger charge is 2.23. The van der Waals surface area contributed by atoms with Crippen LogP contribution >= 0.6 is 0 Å². The Morgan fingerprint density at radius 3 is 2.33 bits per heavy atom. The minimum atomic E-state index is 0.272. The molecule has 1 N–H and O–H groups in total. The number of imidazole rings is 1. The molecular formula is C22H22N2O3. The third kappa shape index (κ3) is 4.21. The highest BCUT2D eigenvalue weighted by atomic mass is 16.6. The maximum atomic E-state index is 5.69. The van der Waals surface area contributed by atoms with Gasteiger partial charge in [-0.1, -0.05) is 24.3 Å². The first-order valence-electron chi connectivity index (χ1n) is 9.44. The lowest BCUT2D eigenvalue weighted by molar-refractivity contribution is 0.263. The Bertz CT molecular complexity index is 820. The number of ether oxygens (including phenoxy) is 3. The smallest absolute Gasteiger partial charge is 0.137 e. The summed E-state index contributed by atoms with van der Waals surface area (Å²) in [6.07, 6.45) is 4.80. The van der Waals surface area contributed by atoms with Gasteiger partial charge in [-0.05, 0) is 48.2 Å². The number of aryl methyl sites for hydroxylation is 1. The molecule has 2 unspecified atom stereocenters. The van der Waals surface area contributed by atoms with Gasteiger partial charge in [-0.2, -0.15) is 0 Å². The summed E-state index contributed by atoms with van der Waals surface area (Å²) in [6, 6.07) is 16.7. The molecule has 0 bridgehead atoms. The van der Waals surface area contributed by atoms with E-state index in [9.17, 15) is 0 Å². The molecule has 5 nitrogen and oxygen atoms in total. The standard InChI is InChI=1S/C22H22N2O3/c1-4-17(5-2-15(1)3-8-19-12-26-19)22-23-11-21(24-22)16-6-9-18(10-7-16)25-13-20-14-27-20/h1-2,4-7,9-11,19-20H,3,8,12-14H2,(H,23,24). The number of nitrogens with one attached hydrogen (secondary N) is 1. The van der Waals surface area contributed by atoms with Crippen molar-refractivity contribution in [2.24, 2.45) is 0 Å². The molecule has 0 saturated carbocycles. The first-order valence-corrected chi connectivity index (χ1v) is 9.44. The van der Waals surface area contributed by atoms with E-state index in [1.165, 1.54) is 5.56 Å². The summed E-state index contributed by atoms with van der Waals surface area (Å²) < 4.78 is 16.1. The van der Waals surface area contributed by atoms with Gasteiger partial charge in [0.25, 0.3) is 0 Å². The van der Waals surface area contributed by atoms with Crippen LogP contribution in [0.5, 0.6) is 5.75 Å². The summed E-state index contributed by atoms with van der Waals surface area (Å²) in [6.45, 7) is 2.36. The first-order chi connectivity index (χ1) is 13.3. The van der Waals surface area contributed by atoms with E-state index < -0.39 is 0 Å². The fourth-order valence-corrected chi connectivity index (χ4v) is 3.09. The second-order valence-electron chi connectivity index (χ2n) is 7.13. The largest absolute Gasteiger partial charge is 0.491 e. The molecular weight excluding hydrogens is 340 g/mol. The number of aromatic amines is 1. The van der Waals surface area contributed by atoms with Gasteiger partial charge in [0.1, 0.15) is 24.3 Å². The summed E-state index contributed by atoms with van der Waals surface area (Å²) >= 11 is 0. The molecule has 5 rings (SSSR count). The number of aromatic nitrogens is 2. The van der Waals surface area contributed by atoms with E-state index in [1.807, 2.05) is 30.5 Å². The predicted molar refractivity (Wildman–Crippen MR) is 103 cm³/mol. The Kier molecular flexibility index (Phi) is 4.40. The molecule has 0 amide bonds. The van der Waals surface area contributed by atoms with Crippen molar-refractivity contribution in [2.75, 3.05) is 19.8 Å². The molecule has 2 aliphatic rings. The van der Waals surface area contributed by atoms with E-state index in [0.717, 1.165) is 54.5 Å². The maximum absolute atomic E-state index is 5.69. The average Bonchev–Trinajstić information content (AvgIpc) is 3.65. The summed E-state index contributed by atoms with van der Waals surface area (Å²) in [5.74, 6) is 1.74. The lowest BCUT2D eigenvalue weighted by Crippen LogP contribution is -2.03. The fraction of sp³-hybridized carbons (Fsp3) is 0.318. The van der Waals surface area contributed by atoms with Gasteiger partial charge in [0, 0.05) is 5.56 Å². The topological polar surface area (TPSA) is 63.0 Å². The average molecular weight is 362 g/mol. The van der Waals surface area contributed by atoms with Crippen molar-refractivity contribution in [3.05, 3.63) is 60.3 Å². The van der Waals surface area contributed by atoms with Crippen molar-refractivity contribution in [2.45, 2.75) is 25.0 Å². The number of hydrogen-bond acceptors (Lipinski definition) is 4. The second kappa shape index (κ2) is 7.18. The van der Waals surface area contributed by atoms with Crippen LogP contribution in [0.3, 0.4) is 0 Å². The summed E-state index contributed by atoms with van der Waals surface area (Å²) in [4.78, 5) is 7.96. The Balaban J connectivity index is 1.24. The third-order valence-electron chi connectivity index (χ3n) is 4.96. The van der Waals surface area contributed by atoms with Crippen LogP contribution in [0, 0.1) is 0 Å². The monoisotopic (exact) mass is 362 g/mol. The number of hydrogen-bond donors (Lipinski definition) is 1. The molecule has 5 heteroatoms. The van der Waals surface area contributed by atoms with Crippen molar-refractivity contribution < 1.29 is 14.2 Å². The van der Waals surface area contributed by atoms with Crippen LogP contribution in [0.15, 0.2) is 54.7 Å². The normalized spacial score (nSPS) is 20.4. The number of benzene rings is 2. The van der Waals surface area contributed by atoms with Gasteiger partial charge < -0.3 is 19.2 Å². The van der Waals surface area contributed by atoms with Crippen LogP contribution in [-0.2, 0) is 15.9 Å². The molecule has 2 fully saturated rings. The summed E-state index contributed by atoms with van der Waals surface area (Å²) in [5.41, 5.74) is 4.52. The molecule has 138 valence electrons. The molecule has 0 spiro atoms. The highest BCUT2D eigenvalue weighted by Crippen LogP contribution is 2.25. The van der Waals surface area contributed by atoms with E-state index in [1.54, 1.807) is 0 Å². The second-order valence-corrected chi connectivity index (χ2v) is 7.13. The maximum Gasteiger partial charge on any atom is 0.137 e. The zero-order valence-electron chi connectivity index (χ0n) is 15.1. The van der Waals surface area contributed by atoms with Crippen LogP contribution in [0.4, 0.5) is 0 Å². The summed E-state index contributed by atoms with van der Waals surface area (Å²) in [7, 11) is 0. The van der Waals surface area contributed by atoms with Crippen LogP contribution < -0.4 is 4.74 Å². The molecule has 27 heavy (non-hydrogen) atoms. The van der Waals surface area contributed by atoms with Crippen LogP contribution in [0.25, 0.3) is 22.6 Å². The minimum absolute atomic E-state index is 0.272. The van der Waals surface area contributed by atoms with Gasteiger partial charge in [-0.3, -0.25) is 0 Å². The van der Waals surface area contributed by atoms with E-state index in [4.69, 9.17) is 14.2 Å². The Morgan fingerprint density at radius 1 is 0.926 bits per heavy atom. The van der Waals surface area contributed by atoms with Crippen molar-refractivity contribution in [3.63, 3.8) is 0 Å². The van der Waals surface area contributed by atoms with E-state index in [-0.39, 0.29) is 6.10 Å². The Labute approximate surface area is 158 Å².